The first-order valence-electron chi connectivity index (χ1n) is 11.4. The Balaban J connectivity index is 1.59. The van der Waals surface area contributed by atoms with E-state index in [0.717, 1.165) is 22.6 Å². The molecule has 160 valence electrons. The number of aromatic nitrogens is 2. The van der Waals surface area contributed by atoms with E-state index in [0.29, 0.717) is 0 Å². The quantitative estimate of drug-likeness (QED) is 0.262. The lowest BCUT2D eigenvalue weighted by atomic mass is 10.0. The van der Waals surface area contributed by atoms with E-state index in [1.807, 2.05) is 6.07 Å². The molecule has 2 nitrogen and oxygen atoms in total. The van der Waals surface area contributed by atoms with Crippen LogP contribution in [0.2, 0.25) is 0 Å². The minimum Gasteiger partial charge on any atom is -0.294 e. The van der Waals surface area contributed by atoms with E-state index in [2.05, 4.69) is 119 Å². The fraction of sp³-hybridized carbons (Fsp3) is 0. The molecule has 0 N–H and O–H groups in total. The van der Waals surface area contributed by atoms with Crippen LogP contribution in [0.4, 0.5) is 0 Å². The summed E-state index contributed by atoms with van der Waals surface area (Å²) in [6, 6.07) is 40.9. The molecule has 0 aliphatic rings. The molecule has 0 radical (unpaired) electrons. The van der Waals surface area contributed by atoms with Crippen LogP contribution in [-0.2, 0) is 0 Å². The molecule has 7 aromatic rings. The molecule has 0 bridgehead atoms. The monoisotopic (exact) mass is 452 g/mol. The molecule has 0 fully saturated rings. The highest BCUT2D eigenvalue weighted by Crippen LogP contribution is 2.37. The van der Waals surface area contributed by atoms with Gasteiger partial charge in [-0.3, -0.25) is 4.57 Å². The summed E-state index contributed by atoms with van der Waals surface area (Å²) in [6.45, 7) is 0. The third kappa shape index (κ3) is 3.06. The normalized spacial score (nSPS) is 11.5. The van der Waals surface area contributed by atoms with Crippen LogP contribution in [0.15, 0.2) is 121 Å². The Hall–Kier alpha value is -4.21. The van der Waals surface area contributed by atoms with Crippen LogP contribution in [0.1, 0.15) is 0 Å². The van der Waals surface area contributed by atoms with Gasteiger partial charge in [-0.25, -0.2) is 4.98 Å². The van der Waals surface area contributed by atoms with Crippen LogP contribution in [0.5, 0.6) is 0 Å². The Morgan fingerprint density at radius 1 is 0.559 bits per heavy atom. The van der Waals surface area contributed by atoms with Crippen molar-refractivity contribution in [1.82, 2.24) is 9.55 Å². The molecular formula is C31H20N2S. The Morgan fingerprint density at radius 3 is 2.12 bits per heavy atom. The van der Waals surface area contributed by atoms with Gasteiger partial charge in [0.15, 0.2) is 0 Å². The third-order valence-electron chi connectivity index (χ3n) is 6.46. The first-order chi connectivity index (χ1) is 16.8. The van der Waals surface area contributed by atoms with Crippen LogP contribution in [0.25, 0.3) is 60.1 Å². The van der Waals surface area contributed by atoms with Gasteiger partial charge in [-0.15, -0.1) is 11.3 Å². The summed E-state index contributed by atoms with van der Waals surface area (Å²) in [4.78, 5) is 5.21. The second-order valence-electron chi connectivity index (χ2n) is 8.51. The number of fused-ring (bicyclic) bond motifs is 4. The summed E-state index contributed by atoms with van der Waals surface area (Å²) in [5.41, 5.74) is 6.79. The van der Waals surface area contributed by atoms with E-state index < -0.39 is 0 Å². The number of rotatable bonds is 3. The highest BCUT2D eigenvalue weighted by Gasteiger charge is 2.16. The number of hydrogen-bond acceptors (Lipinski definition) is 2. The third-order valence-corrected chi connectivity index (χ3v) is 7.34. The molecule has 3 heterocycles. The van der Waals surface area contributed by atoms with Crippen molar-refractivity contribution >= 4 is 43.2 Å². The van der Waals surface area contributed by atoms with Crippen molar-refractivity contribution in [3.63, 3.8) is 0 Å². The molecule has 4 aromatic carbocycles. The van der Waals surface area contributed by atoms with Crippen molar-refractivity contribution in [2.75, 3.05) is 0 Å². The molecule has 0 atom stereocenters. The molecule has 0 spiro atoms. The van der Waals surface area contributed by atoms with E-state index in [1.54, 1.807) is 11.3 Å². The number of para-hydroxylation sites is 1. The summed E-state index contributed by atoms with van der Waals surface area (Å²) < 4.78 is 3.61. The second-order valence-corrected chi connectivity index (χ2v) is 9.46. The van der Waals surface area contributed by atoms with Crippen LogP contribution in [0, 0.1) is 0 Å². The highest BCUT2D eigenvalue weighted by molar-refractivity contribution is 7.17. The van der Waals surface area contributed by atoms with E-state index in [1.165, 1.54) is 37.5 Å². The van der Waals surface area contributed by atoms with Crippen molar-refractivity contribution in [3.8, 4) is 28.2 Å². The average Bonchev–Trinajstić information content (AvgIpc) is 3.50. The number of hydrogen-bond donors (Lipinski definition) is 0. The predicted molar refractivity (Wildman–Crippen MR) is 145 cm³/mol. The molecule has 0 unspecified atom stereocenters. The zero-order chi connectivity index (χ0) is 22.5. The summed E-state index contributed by atoms with van der Waals surface area (Å²) in [7, 11) is 0. The van der Waals surface area contributed by atoms with E-state index in [4.69, 9.17) is 4.98 Å². The number of pyridine rings is 1. The lowest BCUT2D eigenvalue weighted by molar-refractivity contribution is 1.09. The number of benzene rings is 4. The van der Waals surface area contributed by atoms with Crippen molar-refractivity contribution in [3.05, 3.63) is 121 Å². The Labute approximate surface area is 201 Å². The molecular weight excluding hydrogens is 432 g/mol. The van der Waals surface area contributed by atoms with Crippen molar-refractivity contribution < 1.29 is 0 Å². The van der Waals surface area contributed by atoms with Crippen molar-refractivity contribution in [2.24, 2.45) is 0 Å². The number of thiophene rings is 1. The zero-order valence-electron chi connectivity index (χ0n) is 18.3. The molecule has 0 amide bonds. The lowest BCUT2D eigenvalue weighted by Crippen LogP contribution is -2.00. The first-order valence-corrected chi connectivity index (χ1v) is 12.3. The second kappa shape index (κ2) is 7.68. The summed E-state index contributed by atoms with van der Waals surface area (Å²) in [6.07, 6.45) is 0. The van der Waals surface area contributed by atoms with Crippen LogP contribution >= 0.6 is 11.3 Å². The van der Waals surface area contributed by atoms with Gasteiger partial charge in [0.2, 0.25) is 0 Å². The molecule has 34 heavy (non-hydrogen) atoms. The maximum Gasteiger partial charge on any atom is 0.138 e. The molecule has 3 aromatic heterocycles. The Bertz CT molecular complexity index is 1740. The maximum absolute atomic E-state index is 5.21. The molecule has 0 saturated heterocycles. The molecule has 7 rings (SSSR count). The Morgan fingerprint density at radius 2 is 1.29 bits per heavy atom. The summed E-state index contributed by atoms with van der Waals surface area (Å²) in [5, 5.41) is 5.96. The van der Waals surface area contributed by atoms with Crippen molar-refractivity contribution in [1.29, 1.82) is 0 Å². The summed E-state index contributed by atoms with van der Waals surface area (Å²) in [5.74, 6) is 0.933. The minimum atomic E-state index is 0.933. The van der Waals surface area contributed by atoms with Gasteiger partial charge in [0, 0.05) is 21.0 Å². The van der Waals surface area contributed by atoms with E-state index in [9.17, 15) is 0 Å². The van der Waals surface area contributed by atoms with Gasteiger partial charge in [-0.05, 0) is 58.3 Å². The van der Waals surface area contributed by atoms with Crippen molar-refractivity contribution in [2.45, 2.75) is 0 Å². The predicted octanol–water partition coefficient (Wildman–Crippen LogP) is 8.73. The largest absolute Gasteiger partial charge is 0.294 e. The van der Waals surface area contributed by atoms with Gasteiger partial charge in [0.05, 0.1) is 16.7 Å². The fourth-order valence-corrected chi connectivity index (χ4v) is 5.66. The standard InChI is InChI=1S/C31H20N2S/c1-3-9-21(10-4-1)24-18-27(22-11-5-2-6-12-22)32-31(19-24)33-28-14-8-7-13-25(28)26-17-23-15-16-34-30(23)20-29(26)33/h1-20H. The smallest absolute Gasteiger partial charge is 0.138 e. The highest BCUT2D eigenvalue weighted by atomic mass is 32.1. The number of nitrogens with zero attached hydrogens (tertiary/aromatic N) is 2. The van der Waals surface area contributed by atoms with Gasteiger partial charge in [-0.2, -0.15) is 0 Å². The minimum absolute atomic E-state index is 0.933. The zero-order valence-corrected chi connectivity index (χ0v) is 19.2. The van der Waals surface area contributed by atoms with Gasteiger partial charge in [0.25, 0.3) is 0 Å². The van der Waals surface area contributed by atoms with Crippen LogP contribution < -0.4 is 0 Å². The Kier molecular flexibility index (Phi) is 4.36. The first kappa shape index (κ1) is 19.3. The van der Waals surface area contributed by atoms with Crippen LogP contribution in [-0.4, -0.2) is 9.55 Å². The lowest BCUT2D eigenvalue weighted by Gasteiger charge is -2.13. The molecule has 3 heteroatoms. The molecule has 0 aliphatic heterocycles. The molecule has 0 aliphatic carbocycles. The van der Waals surface area contributed by atoms with Gasteiger partial charge >= 0.3 is 0 Å². The van der Waals surface area contributed by atoms with Gasteiger partial charge < -0.3 is 0 Å². The maximum atomic E-state index is 5.21. The van der Waals surface area contributed by atoms with E-state index >= 15 is 0 Å². The fourth-order valence-electron chi connectivity index (χ4n) is 4.86. The topological polar surface area (TPSA) is 17.8 Å². The van der Waals surface area contributed by atoms with E-state index in [-0.39, 0.29) is 0 Å². The average molecular weight is 453 g/mol. The molecule has 0 saturated carbocycles. The summed E-state index contributed by atoms with van der Waals surface area (Å²) >= 11 is 1.78. The van der Waals surface area contributed by atoms with Crippen LogP contribution in [0.3, 0.4) is 0 Å². The SMILES string of the molecule is c1ccc(-c2cc(-c3ccccc3)nc(-n3c4ccccc4c4cc5ccsc5cc43)c2)cc1. The van der Waals surface area contributed by atoms with Gasteiger partial charge in [0.1, 0.15) is 5.82 Å². The van der Waals surface area contributed by atoms with Gasteiger partial charge in [-0.1, -0.05) is 78.9 Å².